The van der Waals surface area contributed by atoms with Gasteiger partial charge in [-0.2, -0.15) is 5.48 Å². The van der Waals surface area contributed by atoms with Gasteiger partial charge in [-0.15, -0.1) is 0 Å². The molecule has 0 aromatic rings. The number of amides is 1. The van der Waals surface area contributed by atoms with Crippen LogP contribution in [0, 0.1) is 0 Å². The molecule has 1 N–H and O–H groups in total. The monoisotopic (exact) mass is 233 g/mol. The Morgan fingerprint density at radius 1 is 1.47 bits per heavy atom. The quantitative estimate of drug-likeness (QED) is 0.808. The molecule has 0 saturated carbocycles. The molecule has 0 bridgehead atoms. The summed E-state index contributed by atoms with van der Waals surface area (Å²) in [7, 11) is 0. The number of hydrogen-bond acceptors (Lipinski definition) is 3. The largest absolute Gasteiger partial charge is 0.464 e. The molecule has 1 aliphatic carbocycles. The van der Waals surface area contributed by atoms with E-state index < -0.39 is 0 Å². The molecule has 0 saturated heterocycles. The average Bonchev–Trinajstić information content (AvgIpc) is 2.76. The van der Waals surface area contributed by atoms with Gasteiger partial charge >= 0.3 is 0 Å². The highest BCUT2D eigenvalue weighted by Crippen LogP contribution is 2.29. The lowest BCUT2D eigenvalue weighted by molar-refractivity contribution is -0.127. The number of nitrogens with one attached hydrogen (secondary N) is 1. The van der Waals surface area contributed by atoms with E-state index in [1.54, 1.807) is 12.3 Å². The molecular formula is C13H15NO3. The molecule has 0 spiro atoms. The van der Waals surface area contributed by atoms with Gasteiger partial charge in [-0.1, -0.05) is 13.3 Å². The molecular weight excluding hydrogens is 218 g/mol. The first-order chi connectivity index (χ1) is 8.29. The Kier molecular flexibility index (Phi) is 3.65. The minimum Gasteiger partial charge on any atom is -0.464 e. The van der Waals surface area contributed by atoms with Crippen molar-refractivity contribution < 1.29 is 14.0 Å². The molecule has 1 heterocycles. The van der Waals surface area contributed by atoms with Crippen LogP contribution in [0.5, 0.6) is 5.75 Å². The number of carbonyl (C=O) groups excluding carboxylic acids is 1. The third-order valence-corrected chi connectivity index (χ3v) is 2.45. The van der Waals surface area contributed by atoms with Crippen LogP contribution in [0.2, 0.25) is 0 Å². The summed E-state index contributed by atoms with van der Waals surface area (Å²) in [5.74, 6) is 1.22. The second kappa shape index (κ2) is 5.39. The van der Waals surface area contributed by atoms with E-state index in [0.29, 0.717) is 12.2 Å². The van der Waals surface area contributed by atoms with E-state index in [-0.39, 0.29) is 5.91 Å². The van der Waals surface area contributed by atoms with Crippen LogP contribution < -0.4 is 10.3 Å². The molecule has 2 rings (SSSR count). The molecule has 4 nitrogen and oxygen atoms in total. The number of carbonyl (C=O) groups is 1. The molecule has 0 unspecified atom stereocenters. The topological polar surface area (TPSA) is 51.5 Å². The van der Waals surface area contributed by atoms with E-state index in [1.807, 2.05) is 25.1 Å². The summed E-state index contributed by atoms with van der Waals surface area (Å²) in [5.41, 5.74) is 3.36. The number of fused-ring (bicyclic) bond motifs is 1. The highest BCUT2D eigenvalue weighted by molar-refractivity contribution is 5.75. The summed E-state index contributed by atoms with van der Waals surface area (Å²) < 4.78 is 5.27. The lowest BCUT2D eigenvalue weighted by Crippen LogP contribution is -2.26. The predicted octanol–water partition coefficient (Wildman–Crippen LogP) is 2.98. The van der Waals surface area contributed by atoms with Crippen LogP contribution in [-0.4, -0.2) is 5.91 Å². The van der Waals surface area contributed by atoms with Crippen LogP contribution in [-0.2, 0) is 4.79 Å². The highest BCUT2D eigenvalue weighted by atomic mass is 16.7. The van der Waals surface area contributed by atoms with Crippen molar-refractivity contribution in [1.82, 2.24) is 5.48 Å². The first-order valence-corrected chi connectivity index (χ1v) is 5.72. The van der Waals surface area contributed by atoms with E-state index in [4.69, 9.17) is 9.25 Å². The van der Waals surface area contributed by atoms with Crippen molar-refractivity contribution in [3.05, 3.63) is 30.5 Å². The Morgan fingerprint density at radius 3 is 3.12 bits per heavy atom. The van der Waals surface area contributed by atoms with E-state index in [9.17, 15) is 4.79 Å². The van der Waals surface area contributed by atoms with E-state index in [1.165, 1.54) is 0 Å². The molecule has 2 aliphatic rings. The van der Waals surface area contributed by atoms with Crippen molar-refractivity contribution in [3.63, 3.8) is 0 Å². The van der Waals surface area contributed by atoms with Crippen LogP contribution >= 0.6 is 0 Å². The first-order valence-electron chi connectivity index (χ1n) is 5.72. The highest BCUT2D eigenvalue weighted by Gasteiger charge is 2.10. The summed E-state index contributed by atoms with van der Waals surface area (Å²) in [6.07, 6.45) is 3.95. The average molecular weight is 233 g/mol. The van der Waals surface area contributed by atoms with Gasteiger partial charge < -0.3 is 9.25 Å². The van der Waals surface area contributed by atoms with Crippen LogP contribution in [0.3, 0.4) is 0 Å². The van der Waals surface area contributed by atoms with Gasteiger partial charge in [0.25, 0.3) is 5.91 Å². The lowest BCUT2D eigenvalue weighted by Gasteiger charge is -2.03. The fourth-order valence-electron chi connectivity index (χ4n) is 1.53. The fourth-order valence-corrected chi connectivity index (χ4v) is 1.53. The van der Waals surface area contributed by atoms with Gasteiger partial charge in [0.05, 0.1) is 6.26 Å². The minimum atomic E-state index is -0.103. The number of hydroxylamine groups is 1. The molecule has 0 atom stereocenters. The van der Waals surface area contributed by atoms with Gasteiger partial charge in [-0.3, -0.25) is 4.79 Å². The van der Waals surface area contributed by atoms with E-state index in [2.05, 4.69) is 5.48 Å². The minimum absolute atomic E-state index is 0.103. The molecule has 4 heteroatoms. The zero-order chi connectivity index (χ0) is 12.1. The van der Waals surface area contributed by atoms with Crippen LogP contribution in [0.1, 0.15) is 26.2 Å². The van der Waals surface area contributed by atoms with Crippen molar-refractivity contribution >= 4 is 5.91 Å². The van der Waals surface area contributed by atoms with Crippen LogP contribution in [0.15, 0.2) is 34.9 Å². The first kappa shape index (κ1) is 11.5. The van der Waals surface area contributed by atoms with Gasteiger partial charge in [0.15, 0.2) is 5.75 Å². The summed E-state index contributed by atoms with van der Waals surface area (Å²) in [5, 5.41) is 0. The molecule has 1 aliphatic heterocycles. The lowest BCUT2D eigenvalue weighted by atomic mass is 10.2. The van der Waals surface area contributed by atoms with Crippen molar-refractivity contribution in [2.45, 2.75) is 26.2 Å². The molecule has 17 heavy (non-hydrogen) atoms. The van der Waals surface area contributed by atoms with Gasteiger partial charge in [-0.25, -0.2) is 0 Å². The molecule has 0 radical (unpaired) electrons. The smallest absolute Gasteiger partial charge is 0.252 e. The van der Waals surface area contributed by atoms with E-state index >= 15 is 0 Å². The Morgan fingerprint density at radius 2 is 2.35 bits per heavy atom. The standard InChI is InChI=1S/C13H15NO3/c1-2-3-6-13(15)14-17-11-8-10-5-4-7-16-12(10)9-11/h4-5,7-9H,2-3,6H2,1H3,(H,14,15). The Balaban J connectivity index is 1.91. The molecule has 90 valence electrons. The van der Waals surface area contributed by atoms with Gasteiger partial charge in [0, 0.05) is 18.1 Å². The predicted molar refractivity (Wildman–Crippen MR) is 63.6 cm³/mol. The third kappa shape index (κ3) is 3.00. The molecule has 1 amide bonds. The SMILES string of the molecule is CCCCC(=O)NOc1cc2cccoc-2c1. The Labute approximate surface area is 99.9 Å². The molecule has 0 fully saturated rings. The normalized spacial score (nSPS) is 10.4. The van der Waals surface area contributed by atoms with Crippen molar-refractivity contribution in [2.24, 2.45) is 0 Å². The number of rotatable bonds is 5. The summed E-state index contributed by atoms with van der Waals surface area (Å²) >= 11 is 0. The number of unbranched alkanes of at least 4 members (excludes halogenated alkanes) is 1. The zero-order valence-corrected chi connectivity index (χ0v) is 9.73. The van der Waals surface area contributed by atoms with Gasteiger partial charge in [-0.05, 0) is 24.6 Å². The number of hydrogen-bond donors (Lipinski definition) is 1. The summed E-state index contributed by atoms with van der Waals surface area (Å²) in [6, 6.07) is 7.30. The second-order valence-electron chi connectivity index (χ2n) is 3.85. The van der Waals surface area contributed by atoms with Crippen molar-refractivity contribution in [2.75, 3.05) is 0 Å². The van der Waals surface area contributed by atoms with Crippen LogP contribution in [0.25, 0.3) is 11.3 Å². The van der Waals surface area contributed by atoms with Gasteiger partial charge in [0.1, 0.15) is 5.76 Å². The maximum absolute atomic E-state index is 11.3. The Bertz CT molecular complexity index is 434. The second-order valence-corrected chi connectivity index (χ2v) is 3.85. The van der Waals surface area contributed by atoms with Gasteiger partial charge in [0.2, 0.25) is 0 Å². The maximum atomic E-state index is 11.3. The van der Waals surface area contributed by atoms with Crippen molar-refractivity contribution in [1.29, 1.82) is 0 Å². The maximum Gasteiger partial charge on any atom is 0.252 e. The Hall–Kier alpha value is -1.97. The zero-order valence-electron chi connectivity index (χ0n) is 9.73. The summed E-state index contributed by atoms with van der Waals surface area (Å²) in [6.45, 7) is 2.04. The molecule has 0 aromatic carbocycles. The van der Waals surface area contributed by atoms with Crippen molar-refractivity contribution in [3.8, 4) is 17.1 Å². The third-order valence-electron chi connectivity index (χ3n) is 2.45. The van der Waals surface area contributed by atoms with E-state index in [0.717, 1.165) is 24.2 Å². The van der Waals surface area contributed by atoms with Crippen LogP contribution in [0.4, 0.5) is 0 Å². The molecule has 0 aromatic heterocycles. The summed E-state index contributed by atoms with van der Waals surface area (Å²) in [4.78, 5) is 16.5. The fraction of sp³-hybridized carbons (Fsp3) is 0.308.